The van der Waals surface area contributed by atoms with Gasteiger partial charge in [-0.1, -0.05) is 25.8 Å². The standard InChI is InChI=1S/C10H19N3/c1-2-3-4-7-12-10(11)13-8-5-6-9-13/h5,8H,2-4,6-7,9H2,1H3,(H2,11,12). The van der Waals surface area contributed by atoms with Gasteiger partial charge >= 0.3 is 0 Å². The van der Waals surface area contributed by atoms with Crippen LogP contribution in [-0.2, 0) is 0 Å². The van der Waals surface area contributed by atoms with Gasteiger partial charge in [0, 0.05) is 19.3 Å². The summed E-state index contributed by atoms with van der Waals surface area (Å²) in [6, 6.07) is 0. The zero-order valence-corrected chi connectivity index (χ0v) is 8.37. The molecule has 0 radical (unpaired) electrons. The van der Waals surface area contributed by atoms with E-state index in [1.165, 1.54) is 12.8 Å². The molecule has 0 aromatic heterocycles. The highest BCUT2D eigenvalue weighted by Crippen LogP contribution is 2.03. The molecule has 0 saturated carbocycles. The molecular weight excluding hydrogens is 162 g/mol. The zero-order valence-electron chi connectivity index (χ0n) is 8.37. The second-order valence-electron chi connectivity index (χ2n) is 3.31. The summed E-state index contributed by atoms with van der Waals surface area (Å²) in [5.41, 5.74) is 5.79. The van der Waals surface area contributed by atoms with Gasteiger partial charge in [-0.05, 0) is 12.8 Å². The summed E-state index contributed by atoms with van der Waals surface area (Å²) in [6.45, 7) is 4.05. The first-order valence-corrected chi connectivity index (χ1v) is 5.08. The smallest absolute Gasteiger partial charge is 0.195 e. The van der Waals surface area contributed by atoms with Crippen LogP contribution in [0, 0.1) is 0 Å². The molecule has 74 valence electrons. The second-order valence-corrected chi connectivity index (χ2v) is 3.31. The lowest BCUT2D eigenvalue weighted by Gasteiger charge is -2.13. The van der Waals surface area contributed by atoms with Crippen LogP contribution in [0.4, 0.5) is 0 Å². The predicted molar refractivity (Wildman–Crippen MR) is 56.5 cm³/mol. The van der Waals surface area contributed by atoms with Crippen molar-refractivity contribution in [1.29, 1.82) is 0 Å². The Bertz CT molecular complexity index is 196. The molecule has 0 bridgehead atoms. The highest BCUT2D eigenvalue weighted by Gasteiger charge is 2.06. The summed E-state index contributed by atoms with van der Waals surface area (Å²) >= 11 is 0. The van der Waals surface area contributed by atoms with Gasteiger partial charge in [0.2, 0.25) is 0 Å². The van der Waals surface area contributed by atoms with E-state index in [0.717, 1.165) is 25.9 Å². The van der Waals surface area contributed by atoms with Crippen molar-refractivity contribution in [3.63, 3.8) is 0 Å². The van der Waals surface area contributed by atoms with Crippen molar-refractivity contribution >= 4 is 5.96 Å². The van der Waals surface area contributed by atoms with Crippen molar-refractivity contribution in [2.45, 2.75) is 32.6 Å². The van der Waals surface area contributed by atoms with Gasteiger partial charge in [-0.15, -0.1) is 0 Å². The Balaban J connectivity index is 2.21. The Morgan fingerprint density at radius 2 is 2.38 bits per heavy atom. The molecule has 2 N–H and O–H groups in total. The van der Waals surface area contributed by atoms with Gasteiger partial charge < -0.3 is 10.6 Å². The maximum Gasteiger partial charge on any atom is 0.195 e. The van der Waals surface area contributed by atoms with E-state index in [4.69, 9.17) is 5.73 Å². The third-order valence-corrected chi connectivity index (χ3v) is 2.15. The average Bonchev–Trinajstić information content (AvgIpc) is 2.65. The fourth-order valence-electron chi connectivity index (χ4n) is 1.33. The van der Waals surface area contributed by atoms with Crippen LogP contribution in [0.3, 0.4) is 0 Å². The van der Waals surface area contributed by atoms with Crippen molar-refractivity contribution in [3.8, 4) is 0 Å². The number of nitrogens with zero attached hydrogens (tertiary/aromatic N) is 2. The molecule has 0 aromatic rings. The van der Waals surface area contributed by atoms with E-state index >= 15 is 0 Å². The molecule has 1 aliphatic heterocycles. The summed E-state index contributed by atoms with van der Waals surface area (Å²) in [4.78, 5) is 6.32. The Kier molecular flexibility index (Phi) is 4.36. The molecule has 0 saturated heterocycles. The molecular formula is C10H19N3. The van der Waals surface area contributed by atoms with Crippen molar-refractivity contribution in [1.82, 2.24) is 4.90 Å². The van der Waals surface area contributed by atoms with Gasteiger partial charge in [0.05, 0.1) is 0 Å². The number of hydrogen-bond donors (Lipinski definition) is 1. The minimum Gasteiger partial charge on any atom is -0.370 e. The fraction of sp³-hybridized carbons (Fsp3) is 0.700. The van der Waals surface area contributed by atoms with Crippen LogP contribution in [0.2, 0.25) is 0 Å². The molecule has 1 rings (SSSR count). The number of rotatable bonds is 4. The minimum absolute atomic E-state index is 0.671. The first-order chi connectivity index (χ1) is 6.34. The van der Waals surface area contributed by atoms with E-state index in [0.29, 0.717) is 5.96 Å². The Labute approximate surface area is 80.3 Å². The Morgan fingerprint density at radius 3 is 3.00 bits per heavy atom. The molecule has 0 amide bonds. The lowest BCUT2D eigenvalue weighted by Crippen LogP contribution is -2.31. The van der Waals surface area contributed by atoms with Gasteiger partial charge in [0.1, 0.15) is 0 Å². The number of unbranched alkanes of at least 4 members (excludes halogenated alkanes) is 2. The SMILES string of the molecule is CCCCCN=C(N)N1C=CCC1. The molecule has 0 atom stereocenters. The van der Waals surface area contributed by atoms with E-state index < -0.39 is 0 Å². The summed E-state index contributed by atoms with van der Waals surface area (Å²) in [5, 5.41) is 0. The summed E-state index contributed by atoms with van der Waals surface area (Å²) in [6.07, 6.45) is 8.85. The van der Waals surface area contributed by atoms with Crippen LogP contribution in [-0.4, -0.2) is 23.9 Å². The predicted octanol–water partition coefficient (Wildman–Crippen LogP) is 1.71. The van der Waals surface area contributed by atoms with Crippen molar-refractivity contribution in [2.24, 2.45) is 10.7 Å². The topological polar surface area (TPSA) is 41.6 Å². The van der Waals surface area contributed by atoms with E-state index in [1.54, 1.807) is 0 Å². The van der Waals surface area contributed by atoms with Crippen LogP contribution >= 0.6 is 0 Å². The first-order valence-electron chi connectivity index (χ1n) is 5.08. The third-order valence-electron chi connectivity index (χ3n) is 2.15. The van der Waals surface area contributed by atoms with Gasteiger partial charge in [-0.3, -0.25) is 4.99 Å². The van der Waals surface area contributed by atoms with E-state index in [2.05, 4.69) is 18.0 Å². The number of guanidine groups is 1. The fourth-order valence-corrected chi connectivity index (χ4v) is 1.33. The monoisotopic (exact) mass is 181 g/mol. The Hall–Kier alpha value is -0.990. The highest BCUT2D eigenvalue weighted by atomic mass is 15.2. The van der Waals surface area contributed by atoms with Gasteiger partial charge in [0.15, 0.2) is 5.96 Å². The van der Waals surface area contributed by atoms with Crippen molar-refractivity contribution in [3.05, 3.63) is 12.3 Å². The summed E-state index contributed by atoms with van der Waals surface area (Å²) in [7, 11) is 0. The summed E-state index contributed by atoms with van der Waals surface area (Å²) in [5.74, 6) is 0.671. The molecule has 0 aromatic carbocycles. The highest BCUT2D eigenvalue weighted by molar-refractivity contribution is 5.79. The van der Waals surface area contributed by atoms with Crippen LogP contribution in [0.5, 0.6) is 0 Å². The number of hydrogen-bond acceptors (Lipinski definition) is 1. The quantitative estimate of drug-likeness (QED) is 0.407. The average molecular weight is 181 g/mol. The van der Waals surface area contributed by atoms with Crippen LogP contribution in [0.15, 0.2) is 17.3 Å². The third kappa shape index (κ3) is 3.49. The molecule has 3 heteroatoms. The van der Waals surface area contributed by atoms with E-state index in [-0.39, 0.29) is 0 Å². The van der Waals surface area contributed by atoms with Crippen molar-refractivity contribution < 1.29 is 0 Å². The minimum atomic E-state index is 0.671. The van der Waals surface area contributed by atoms with Crippen molar-refractivity contribution in [2.75, 3.05) is 13.1 Å². The molecule has 0 unspecified atom stereocenters. The summed E-state index contributed by atoms with van der Waals surface area (Å²) < 4.78 is 0. The maximum atomic E-state index is 5.79. The molecule has 0 fully saturated rings. The number of nitrogens with two attached hydrogens (primary N) is 1. The van der Waals surface area contributed by atoms with Gasteiger partial charge in [0.25, 0.3) is 0 Å². The number of aliphatic imine (C=N–C) groups is 1. The molecule has 3 nitrogen and oxygen atoms in total. The molecule has 13 heavy (non-hydrogen) atoms. The first kappa shape index (κ1) is 10.1. The molecule has 1 aliphatic rings. The van der Waals surface area contributed by atoms with Crippen LogP contribution < -0.4 is 5.73 Å². The van der Waals surface area contributed by atoms with Crippen LogP contribution in [0.25, 0.3) is 0 Å². The second kappa shape index (κ2) is 5.62. The van der Waals surface area contributed by atoms with E-state index in [1.807, 2.05) is 11.1 Å². The van der Waals surface area contributed by atoms with E-state index in [9.17, 15) is 0 Å². The lowest BCUT2D eigenvalue weighted by atomic mass is 10.2. The molecule has 0 spiro atoms. The maximum absolute atomic E-state index is 5.79. The molecule has 1 heterocycles. The largest absolute Gasteiger partial charge is 0.370 e. The Morgan fingerprint density at radius 1 is 1.54 bits per heavy atom. The zero-order chi connectivity index (χ0) is 9.52. The normalized spacial score (nSPS) is 17.0. The van der Waals surface area contributed by atoms with Crippen LogP contribution in [0.1, 0.15) is 32.6 Å². The van der Waals surface area contributed by atoms with Gasteiger partial charge in [-0.2, -0.15) is 0 Å². The lowest BCUT2D eigenvalue weighted by molar-refractivity contribution is 0.588. The van der Waals surface area contributed by atoms with Gasteiger partial charge in [-0.25, -0.2) is 0 Å². The molecule has 0 aliphatic carbocycles.